The molecular weight excluding hydrogens is 370 g/mol. The van der Waals surface area contributed by atoms with Crippen molar-refractivity contribution < 1.29 is 9.53 Å². The lowest BCUT2D eigenvalue weighted by atomic mass is 10.2. The van der Waals surface area contributed by atoms with E-state index in [4.69, 9.17) is 22.2 Å². The SMILES string of the molecule is NNC(=O)/C=C/c1cc(Cl)c(OCc2cccnc2)c(Br)c1. The van der Waals surface area contributed by atoms with Gasteiger partial charge in [0.15, 0.2) is 5.75 Å². The second-order valence-electron chi connectivity index (χ2n) is 4.31. The minimum atomic E-state index is -0.399. The number of hydrogen-bond donors (Lipinski definition) is 2. The highest BCUT2D eigenvalue weighted by Gasteiger charge is 2.09. The highest BCUT2D eigenvalue weighted by Crippen LogP contribution is 2.35. The Morgan fingerprint density at radius 3 is 2.95 bits per heavy atom. The molecule has 5 nitrogen and oxygen atoms in total. The Balaban J connectivity index is 2.13. The largest absolute Gasteiger partial charge is 0.486 e. The molecule has 3 N–H and O–H groups in total. The van der Waals surface area contributed by atoms with Crippen molar-refractivity contribution in [3.8, 4) is 5.75 Å². The zero-order valence-corrected chi connectivity index (χ0v) is 13.8. The van der Waals surface area contributed by atoms with Gasteiger partial charge in [0.05, 0.1) is 9.50 Å². The lowest BCUT2D eigenvalue weighted by Crippen LogP contribution is -2.27. The van der Waals surface area contributed by atoms with E-state index >= 15 is 0 Å². The zero-order valence-electron chi connectivity index (χ0n) is 11.4. The fourth-order valence-corrected chi connectivity index (χ4v) is 2.66. The molecule has 2 rings (SSSR count). The zero-order chi connectivity index (χ0) is 15.9. The first-order valence-corrected chi connectivity index (χ1v) is 7.46. The van der Waals surface area contributed by atoms with Gasteiger partial charge in [-0.15, -0.1) is 0 Å². The number of nitrogens with two attached hydrogens (primary N) is 1. The summed E-state index contributed by atoms with van der Waals surface area (Å²) in [5, 5.41) is 0.436. The molecule has 1 aromatic carbocycles. The van der Waals surface area contributed by atoms with Crippen LogP contribution >= 0.6 is 27.5 Å². The molecule has 2 aromatic rings. The fraction of sp³-hybridized carbons (Fsp3) is 0.0667. The Labute approximate surface area is 141 Å². The minimum Gasteiger partial charge on any atom is -0.486 e. The maximum absolute atomic E-state index is 11.1. The van der Waals surface area contributed by atoms with Crippen LogP contribution in [0.25, 0.3) is 6.08 Å². The summed E-state index contributed by atoms with van der Waals surface area (Å²) in [6, 6.07) is 7.25. The summed E-state index contributed by atoms with van der Waals surface area (Å²) in [5.41, 5.74) is 3.70. The molecule has 0 aliphatic heterocycles. The van der Waals surface area contributed by atoms with E-state index in [1.165, 1.54) is 6.08 Å². The van der Waals surface area contributed by atoms with Crippen LogP contribution in [0.15, 0.2) is 47.2 Å². The van der Waals surface area contributed by atoms with E-state index in [1.807, 2.05) is 17.6 Å². The summed E-state index contributed by atoms with van der Waals surface area (Å²) in [4.78, 5) is 15.1. The minimum absolute atomic E-state index is 0.358. The highest BCUT2D eigenvalue weighted by molar-refractivity contribution is 9.10. The molecule has 0 atom stereocenters. The summed E-state index contributed by atoms with van der Waals surface area (Å²) in [6.07, 6.45) is 6.34. The predicted molar refractivity (Wildman–Crippen MR) is 89.1 cm³/mol. The Bertz CT molecular complexity index is 669. The van der Waals surface area contributed by atoms with Gasteiger partial charge < -0.3 is 4.74 Å². The number of nitrogens with one attached hydrogen (secondary N) is 1. The molecule has 7 heteroatoms. The van der Waals surface area contributed by atoms with E-state index in [0.717, 1.165) is 11.1 Å². The van der Waals surface area contributed by atoms with Crippen molar-refractivity contribution in [1.29, 1.82) is 0 Å². The first-order valence-electron chi connectivity index (χ1n) is 6.29. The van der Waals surface area contributed by atoms with Gasteiger partial charge in [-0.25, -0.2) is 5.84 Å². The quantitative estimate of drug-likeness (QED) is 0.360. The van der Waals surface area contributed by atoms with Gasteiger partial charge in [-0.2, -0.15) is 0 Å². The number of amides is 1. The summed E-state index contributed by atoms with van der Waals surface area (Å²) < 4.78 is 6.40. The maximum Gasteiger partial charge on any atom is 0.257 e. The normalized spacial score (nSPS) is 10.7. The van der Waals surface area contributed by atoms with Crippen LogP contribution in [0.3, 0.4) is 0 Å². The van der Waals surface area contributed by atoms with Crippen molar-refractivity contribution in [2.45, 2.75) is 6.61 Å². The molecule has 0 aliphatic rings. The molecule has 114 valence electrons. The number of hydrogen-bond acceptors (Lipinski definition) is 4. The molecule has 22 heavy (non-hydrogen) atoms. The lowest BCUT2D eigenvalue weighted by Gasteiger charge is -2.11. The smallest absolute Gasteiger partial charge is 0.257 e. The summed E-state index contributed by atoms with van der Waals surface area (Å²) >= 11 is 9.63. The molecule has 1 amide bonds. The molecule has 1 aromatic heterocycles. The molecule has 0 unspecified atom stereocenters. The van der Waals surface area contributed by atoms with Gasteiger partial charge in [-0.05, 0) is 45.8 Å². The number of hydrazine groups is 1. The first kappa shape index (κ1) is 16.5. The van der Waals surface area contributed by atoms with Crippen LogP contribution in [0.5, 0.6) is 5.75 Å². The highest BCUT2D eigenvalue weighted by atomic mass is 79.9. The molecule has 0 radical (unpaired) electrons. The van der Waals surface area contributed by atoms with Crippen LogP contribution in [0, 0.1) is 0 Å². The average molecular weight is 383 g/mol. The van der Waals surface area contributed by atoms with Crippen LogP contribution < -0.4 is 16.0 Å². The van der Waals surface area contributed by atoms with E-state index in [9.17, 15) is 4.79 Å². The number of pyridine rings is 1. The number of carbonyl (C=O) groups excluding carboxylic acids is 1. The summed E-state index contributed by atoms with van der Waals surface area (Å²) in [6.45, 7) is 0.358. The maximum atomic E-state index is 11.1. The number of aromatic nitrogens is 1. The van der Waals surface area contributed by atoms with E-state index in [0.29, 0.717) is 21.9 Å². The molecule has 0 aliphatic carbocycles. The van der Waals surface area contributed by atoms with Gasteiger partial charge >= 0.3 is 0 Å². The number of carbonyl (C=O) groups is 1. The van der Waals surface area contributed by atoms with Gasteiger partial charge in [0, 0.05) is 24.0 Å². The number of benzene rings is 1. The van der Waals surface area contributed by atoms with E-state index in [-0.39, 0.29) is 0 Å². The standard InChI is InChI=1S/C15H13BrClN3O2/c16-12-6-10(3-4-14(21)20-18)7-13(17)15(12)22-9-11-2-1-5-19-8-11/h1-8H,9,18H2,(H,20,21)/b4-3+. The van der Waals surface area contributed by atoms with Crippen molar-refractivity contribution in [2.75, 3.05) is 0 Å². The monoisotopic (exact) mass is 381 g/mol. The lowest BCUT2D eigenvalue weighted by molar-refractivity contribution is -0.116. The van der Waals surface area contributed by atoms with Crippen molar-refractivity contribution in [2.24, 2.45) is 5.84 Å². The molecule has 0 saturated heterocycles. The van der Waals surface area contributed by atoms with Crippen molar-refractivity contribution >= 4 is 39.5 Å². The van der Waals surface area contributed by atoms with Crippen LogP contribution in [-0.2, 0) is 11.4 Å². The summed E-state index contributed by atoms with van der Waals surface area (Å²) in [5.74, 6) is 5.14. The summed E-state index contributed by atoms with van der Waals surface area (Å²) in [7, 11) is 0. The van der Waals surface area contributed by atoms with Crippen LogP contribution in [0.4, 0.5) is 0 Å². The van der Waals surface area contributed by atoms with E-state index in [1.54, 1.807) is 30.6 Å². The van der Waals surface area contributed by atoms with Crippen LogP contribution in [-0.4, -0.2) is 10.9 Å². The van der Waals surface area contributed by atoms with Crippen LogP contribution in [0.2, 0.25) is 5.02 Å². The number of ether oxygens (including phenoxy) is 1. The molecule has 0 bridgehead atoms. The first-order chi connectivity index (χ1) is 10.6. The molecule has 0 saturated carbocycles. The van der Waals surface area contributed by atoms with Crippen molar-refractivity contribution in [3.05, 3.63) is 63.4 Å². The van der Waals surface area contributed by atoms with E-state index in [2.05, 4.69) is 20.9 Å². The van der Waals surface area contributed by atoms with Gasteiger partial charge in [0.1, 0.15) is 6.61 Å². The Morgan fingerprint density at radius 2 is 2.32 bits per heavy atom. The molecule has 0 spiro atoms. The molecule has 0 fully saturated rings. The Hall–Kier alpha value is -1.89. The van der Waals surface area contributed by atoms with Crippen molar-refractivity contribution in [3.63, 3.8) is 0 Å². The van der Waals surface area contributed by atoms with Gasteiger partial charge in [-0.1, -0.05) is 17.7 Å². The third kappa shape index (κ3) is 4.56. The number of rotatable bonds is 5. The predicted octanol–water partition coefficient (Wildman–Crippen LogP) is 3.08. The Kier molecular flexibility index (Phi) is 5.94. The fourth-order valence-electron chi connectivity index (χ4n) is 1.67. The molecular formula is C15H13BrClN3O2. The number of halogens is 2. The average Bonchev–Trinajstić information content (AvgIpc) is 2.52. The second kappa shape index (κ2) is 7.93. The Morgan fingerprint density at radius 1 is 1.50 bits per heavy atom. The van der Waals surface area contributed by atoms with Gasteiger partial charge in [-0.3, -0.25) is 15.2 Å². The van der Waals surface area contributed by atoms with Gasteiger partial charge in [0.2, 0.25) is 0 Å². The van der Waals surface area contributed by atoms with Crippen molar-refractivity contribution in [1.82, 2.24) is 10.4 Å². The molecule has 1 heterocycles. The second-order valence-corrected chi connectivity index (χ2v) is 5.57. The topological polar surface area (TPSA) is 77.2 Å². The third-order valence-corrected chi connectivity index (χ3v) is 3.57. The van der Waals surface area contributed by atoms with Gasteiger partial charge in [0.25, 0.3) is 5.91 Å². The van der Waals surface area contributed by atoms with Crippen LogP contribution in [0.1, 0.15) is 11.1 Å². The van der Waals surface area contributed by atoms with E-state index < -0.39 is 5.91 Å². The number of nitrogens with zero attached hydrogens (tertiary/aromatic N) is 1. The third-order valence-electron chi connectivity index (χ3n) is 2.70.